The average molecular weight is 451 g/mol. The molecule has 1 aliphatic rings. The molecule has 3 aromatic heterocycles. The zero-order chi connectivity index (χ0) is 23.4. The Morgan fingerprint density at radius 3 is 2.45 bits per heavy atom. The summed E-state index contributed by atoms with van der Waals surface area (Å²) in [6.45, 7) is 3.87. The van der Waals surface area contributed by atoms with Crippen molar-refractivity contribution in [2.75, 3.05) is 5.32 Å². The smallest absolute Gasteiger partial charge is 0.271 e. The molecule has 33 heavy (non-hydrogen) atoms. The van der Waals surface area contributed by atoms with E-state index in [1.54, 1.807) is 13.2 Å². The fourth-order valence-electron chi connectivity index (χ4n) is 4.52. The zero-order valence-electron chi connectivity index (χ0n) is 19.3. The lowest BCUT2D eigenvalue weighted by atomic mass is 9.91. The molecule has 0 saturated heterocycles. The first-order valence-corrected chi connectivity index (χ1v) is 11.4. The number of carbonyl (C=O) groups excluding carboxylic acids is 2. The first kappa shape index (κ1) is 22.6. The molecule has 3 heterocycles. The van der Waals surface area contributed by atoms with Gasteiger partial charge in [0.05, 0.1) is 29.5 Å². The minimum atomic E-state index is -0.650. The van der Waals surface area contributed by atoms with Crippen LogP contribution in [0.25, 0.3) is 11.3 Å². The van der Waals surface area contributed by atoms with E-state index in [4.69, 9.17) is 0 Å². The van der Waals surface area contributed by atoms with Crippen LogP contribution < -0.4 is 10.6 Å². The van der Waals surface area contributed by atoms with Crippen LogP contribution in [0.1, 0.15) is 60.4 Å². The standard InChI is InChI=1S/C23H30N8O2/c1-14-20(15(2)29-28-14)18-11-10-17(12-24-18)26-23(33)21(16-8-6-4-5-7-9-16)27-22(32)19-13-25-30-31(19)3/h10-13,16,21H,4-9H2,1-3H3,(H,26,33)(H,27,32)(H,28,29). The van der Waals surface area contributed by atoms with Crippen LogP contribution in [0.3, 0.4) is 0 Å². The quantitative estimate of drug-likeness (QED) is 0.495. The van der Waals surface area contributed by atoms with Crippen LogP contribution in [-0.4, -0.2) is 48.0 Å². The minimum Gasteiger partial charge on any atom is -0.339 e. The highest BCUT2D eigenvalue weighted by Crippen LogP contribution is 2.27. The van der Waals surface area contributed by atoms with E-state index in [1.807, 2.05) is 26.0 Å². The van der Waals surface area contributed by atoms with Crippen molar-refractivity contribution < 1.29 is 9.59 Å². The highest BCUT2D eigenvalue weighted by atomic mass is 16.2. The van der Waals surface area contributed by atoms with E-state index in [0.717, 1.165) is 61.2 Å². The Hall–Kier alpha value is -3.56. The molecule has 10 heteroatoms. The topological polar surface area (TPSA) is 130 Å². The summed E-state index contributed by atoms with van der Waals surface area (Å²) in [5.41, 5.74) is 4.46. The van der Waals surface area contributed by atoms with E-state index in [1.165, 1.54) is 10.9 Å². The fourth-order valence-corrected chi connectivity index (χ4v) is 4.52. The van der Waals surface area contributed by atoms with E-state index >= 15 is 0 Å². The number of carbonyl (C=O) groups is 2. The number of rotatable bonds is 6. The van der Waals surface area contributed by atoms with Gasteiger partial charge < -0.3 is 10.6 Å². The summed E-state index contributed by atoms with van der Waals surface area (Å²) in [6.07, 6.45) is 9.26. The van der Waals surface area contributed by atoms with Crippen molar-refractivity contribution in [3.05, 3.63) is 41.6 Å². The molecule has 0 bridgehead atoms. The minimum absolute atomic E-state index is 0.0705. The summed E-state index contributed by atoms with van der Waals surface area (Å²) in [5.74, 6) is -0.525. The lowest BCUT2D eigenvalue weighted by Gasteiger charge is -2.26. The van der Waals surface area contributed by atoms with Gasteiger partial charge in [-0.25, -0.2) is 4.68 Å². The summed E-state index contributed by atoms with van der Waals surface area (Å²) in [5, 5.41) is 20.7. The van der Waals surface area contributed by atoms with Crippen LogP contribution >= 0.6 is 0 Å². The van der Waals surface area contributed by atoms with E-state index in [2.05, 4.69) is 36.1 Å². The van der Waals surface area contributed by atoms with Crippen LogP contribution in [0.5, 0.6) is 0 Å². The number of aromatic nitrogens is 6. The number of nitrogens with one attached hydrogen (secondary N) is 3. The molecule has 0 aromatic carbocycles. The highest BCUT2D eigenvalue weighted by molar-refractivity contribution is 6.00. The third kappa shape index (κ3) is 5.10. The second kappa shape index (κ2) is 9.93. The molecular weight excluding hydrogens is 420 g/mol. The molecule has 2 amide bonds. The third-order valence-electron chi connectivity index (χ3n) is 6.30. The van der Waals surface area contributed by atoms with Gasteiger partial charge in [0, 0.05) is 18.3 Å². The molecule has 3 aromatic rings. The van der Waals surface area contributed by atoms with Gasteiger partial charge in [0.25, 0.3) is 5.91 Å². The van der Waals surface area contributed by atoms with Crippen molar-refractivity contribution in [2.24, 2.45) is 13.0 Å². The van der Waals surface area contributed by atoms with Crippen molar-refractivity contribution in [3.8, 4) is 11.3 Å². The number of amides is 2. The third-order valence-corrected chi connectivity index (χ3v) is 6.30. The largest absolute Gasteiger partial charge is 0.339 e. The van der Waals surface area contributed by atoms with Gasteiger partial charge >= 0.3 is 0 Å². The number of pyridine rings is 1. The number of aromatic amines is 1. The molecule has 0 aliphatic heterocycles. The molecule has 0 spiro atoms. The Labute approximate surface area is 192 Å². The Morgan fingerprint density at radius 1 is 1.12 bits per heavy atom. The van der Waals surface area contributed by atoms with E-state index in [0.29, 0.717) is 11.4 Å². The molecule has 174 valence electrons. The number of hydrogen-bond acceptors (Lipinski definition) is 6. The van der Waals surface area contributed by atoms with Gasteiger partial charge in [0.1, 0.15) is 11.7 Å². The number of aryl methyl sites for hydroxylation is 3. The monoisotopic (exact) mass is 450 g/mol. The Morgan fingerprint density at radius 2 is 1.88 bits per heavy atom. The average Bonchev–Trinajstić information content (AvgIpc) is 3.26. The molecule has 4 rings (SSSR count). The van der Waals surface area contributed by atoms with E-state index in [9.17, 15) is 9.59 Å². The van der Waals surface area contributed by atoms with Crippen LogP contribution in [0.15, 0.2) is 24.5 Å². The molecule has 1 atom stereocenters. The second-order valence-electron chi connectivity index (χ2n) is 8.68. The molecular formula is C23H30N8O2. The number of H-pyrrole nitrogens is 1. The van der Waals surface area contributed by atoms with Crippen LogP contribution in [0.4, 0.5) is 5.69 Å². The van der Waals surface area contributed by atoms with Crippen molar-refractivity contribution in [2.45, 2.75) is 58.4 Å². The van der Waals surface area contributed by atoms with Gasteiger partial charge in [-0.3, -0.25) is 19.7 Å². The Bertz CT molecular complexity index is 1090. The van der Waals surface area contributed by atoms with Gasteiger partial charge in [-0.1, -0.05) is 30.9 Å². The van der Waals surface area contributed by atoms with Gasteiger partial charge in [-0.15, -0.1) is 5.10 Å². The summed E-state index contributed by atoms with van der Waals surface area (Å²) >= 11 is 0. The Balaban J connectivity index is 1.52. The normalized spacial score (nSPS) is 15.6. The molecule has 1 fully saturated rings. The van der Waals surface area contributed by atoms with Crippen LogP contribution in [0, 0.1) is 19.8 Å². The van der Waals surface area contributed by atoms with Gasteiger partial charge in [-0.05, 0) is 44.7 Å². The van der Waals surface area contributed by atoms with Crippen LogP contribution in [0.2, 0.25) is 0 Å². The molecule has 0 radical (unpaired) electrons. The van der Waals surface area contributed by atoms with Gasteiger partial charge in [-0.2, -0.15) is 5.10 Å². The predicted molar refractivity (Wildman–Crippen MR) is 123 cm³/mol. The highest BCUT2D eigenvalue weighted by Gasteiger charge is 2.31. The first-order chi connectivity index (χ1) is 15.9. The van der Waals surface area contributed by atoms with Crippen LogP contribution in [-0.2, 0) is 11.8 Å². The van der Waals surface area contributed by atoms with Crippen molar-refractivity contribution >= 4 is 17.5 Å². The van der Waals surface area contributed by atoms with Gasteiger partial charge in [0.2, 0.25) is 5.91 Å². The molecule has 10 nitrogen and oxygen atoms in total. The maximum atomic E-state index is 13.3. The fraction of sp³-hybridized carbons (Fsp3) is 0.478. The molecule has 1 saturated carbocycles. The van der Waals surface area contributed by atoms with Crippen molar-refractivity contribution in [1.82, 2.24) is 35.5 Å². The number of hydrogen-bond donors (Lipinski definition) is 3. The van der Waals surface area contributed by atoms with E-state index < -0.39 is 6.04 Å². The Kier molecular flexibility index (Phi) is 6.81. The number of nitrogens with zero attached hydrogens (tertiary/aromatic N) is 5. The SMILES string of the molecule is Cc1n[nH]c(C)c1-c1ccc(NC(=O)C(NC(=O)c2cnnn2C)C2CCCCCC2)cn1. The van der Waals surface area contributed by atoms with Crippen molar-refractivity contribution in [3.63, 3.8) is 0 Å². The second-order valence-corrected chi connectivity index (χ2v) is 8.68. The molecule has 1 aliphatic carbocycles. The van der Waals surface area contributed by atoms with Gasteiger partial charge in [0.15, 0.2) is 0 Å². The lowest BCUT2D eigenvalue weighted by Crippen LogP contribution is -2.48. The molecule has 3 N–H and O–H groups in total. The lowest BCUT2D eigenvalue weighted by molar-refractivity contribution is -0.119. The summed E-state index contributed by atoms with van der Waals surface area (Å²) < 4.78 is 1.40. The summed E-state index contributed by atoms with van der Waals surface area (Å²) in [7, 11) is 1.65. The maximum absolute atomic E-state index is 13.3. The first-order valence-electron chi connectivity index (χ1n) is 11.4. The maximum Gasteiger partial charge on any atom is 0.271 e. The zero-order valence-corrected chi connectivity index (χ0v) is 19.3. The summed E-state index contributed by atoms with van der Waals surface area (Å²) in [6, 6.07) is 3.04. The molecule has 1 unspecified atom stereocenters. The van der Waals surface area contributed by atoms with E-state index in [-0.39, 0.29) is 17.7 Å². The predicted octanol–water partition coefficient (Wildman–Crippen LogP) is 2.92. The summed E-state index contributed by atoms with van der Waals surface area (Å²) in [4.78, 5) is 30.7. The number of anilines is 1. The van der Waals surface area contributed by atoms with Crippen molar-refractivity contribution in [1.29, 1.82) is 0 Å².